The minimum absolute atomic E-state index is 0.744. The standard InChI is InChI=1S/C21H30N2O/c1-2-24-21-7-4-17(5-8-21)15-22-9-11-23(12-10-22)16-20-14-18-3-6-19(20)13-18/h3-8,18-20H,2,9-16H2,1H3/p+2. The van der Waals surface area contributed by atoms with Crippen molar-refractivity contribution < 1.29 is 14.5 Å². The number of benzene rings is 1. The Morgan fingerprint density at radius 1 is 0.958 bits per heavy atom. The highest BCUT2D eigenvalue weighted by Crippen LogP contribution is 2.42. The summed E-state index contributed by atoms with van der Waals surface area (Å²) < 4.78 is 5.53. The normalized spacial score (nSPS) is 34.6. The first-order valence-corrected chi connectivity index (χ1v) is 9.87. The van der Waals surface area contributed by atoms with Gasteiger partial charge in [-0.2, -0.15) is 0 Å². The molecule has 3 nitrogen and oxygen atoms in total. The van der Waals surface area contributed by atoms with Crippen molar-refractivity contribution in [3.63, 3.8) is 0 Å². The van der Waals surface area contributed by atoms with Crippen molar-refractivity contribution >= 4 is 0 Å². The van der Waals surface area contributed by atoms with Gasteiger partial charge in [0.2, 0.25) is 0 Å². The molecule has 2 fully saturated rings. The van der Waals surface area contributed by atoms with Crippen LogP contribution in [0.5, 0.6) is 5.75 Å². The Balaban J connectivity index is 1.22. The second kappa shape index (κ2) is 7.28. The van der Waals surface area contributed by atoms with Crippen LogP contribution in [0.25, 0.3) is 0 Å². The SMILES string of the molecule is CCOc1ccc(C[NH+]2CC[NH+](CC3CC4C=CC3C4)CC2)cc1. The lowest BCUT2D eigenvalue weighted by Gasteiger charge is -2.32. The fourth-order valence-electron chi connectivity index (χ4n) is 5.00. The highest BCUT2D eigenvalue weighted by Gasteiger charge is 2.38. The Kier molecular flexibility index (Phi) is 4.91. The molecule has 130 valence electrons. The van der Waals surface area contributed by atoms with Crippen LogP contribution in [-0.4, -0.2) is 39.3 Å². The fourth-order valence-corrected chi connectivity index (χ4v) is 5.00. The van der Waals surface area contributed by atoms with Gasteiger partial charge in [0, 0.05) is 11.5 Å². The monoisotopic (exact) mass is 328 g/mol. The largest absolute Gasteiger partial charge is 0.494 e. The fraction of sp³-hybridized carbons (Fsp3) is 0.619. The predicted molar refractivity (Wildman–Crippen MR) is 96.4 cm³/mol. The predicted octanol–water partition coefficient (Wildman–Crippen LogP) is 0.581. The van der Waals surface area contributed by atoms with E-state index < -0.39 is 0 Å². The van der Waals surface area contributed by atoms with Gasteiger partial charge in [-0.15, -0.1) is 0 Å². The van der Waals surface area contributed by atoms with Crippen LogP contribution in [0.2, 0.25) is 0 Å². The van der Waals surface area contributed by atoms with Gasteiger partial charge in [-0.3, -0.25) is 0 Å². The quantitative estimate of drug-likeness (QED) is 0.731. The van der Waals surface area contributed by atoms with Crippen molar-refractivity contribution in [3.05, 3.63) is 42.0 Å². The van der Waals surface area contributed by atoms with E-state index in [2.05, 4.69) is 36.4 Å². The van der Waals surface area contributed by atoms with E-state index in [1.165, 1.54) is 51.1 Å². The molecule has 2 N–H and O–H groups in total. The summed E-state index contributed by atoms with van der Waals surface area (Å²) in [6.07, 6.45) is 7.89. The molecule has 0 radical (unpaired) electrons. The molecule has 4 rings (SSSR count). The van der Waals surface area contributed by atoms with Gasteiger partial charge in [-0.25, -0.2) is 0 Å². The number of nitrogens with one attached hydrogen (secondary N) is 2. The van der Waals surface area contributed by atoms with E-state index >= 15 is 0 Å². The first-order valence-electron chi connectivity index (χ1n) is 9.87. The van der Waals surface area contributed by atoms with Crippen LogP contribution in [0.3, 0.4) is 0 Å². The molecule has 3 atom stereocenters. The van der Waals surface area contributed by atoms with E-state index in [1.54, 1.807) is 4.90 Å². The summed E-state index contributed by atoms with van der Waals surface area (Å²) in [6, 6.07) is 8.70. The summed E-state index contributed by atoms with van der Waals surface area (Å²) in [7, 11) is 0. The minimum atomic E-state index is 0.744. The Morgan fingerprint density at radius 3 is 2.33 bits per heavy atom. The van der Waals surface area contributed by atoms with Crippen LogP contribution in [-0.2, 0) is 6.54 Å². The molecule has 0 spiro atoms. The molecular weight excluding hydrogens is 296 g/mol. The Hall–Kier alpha value is -1.32. The van der Waals surface area contributed by atoms with Crippen molar-refractivity contribution in [2.45, 2.75) is 26.3 Å². The molecule has 1 aromatic carbocycles. The number of ether oxygens (including phenoxy) is 1. The van der Waals surface area contributed by atoms with Crippen LogP contribution >= 0.6 is 0 Å². The van der Waals surface area contributed by atoms with Gasteiger partial charge in [0.25, 0.3) is 0 Å². The van der Waals surface area contributed by atoms with Crippen LogP contribution in [0.15, 0.2) is 36.4 Å². The van der Waals surface area contributed by atoms with Gasteiger partial charge in [-0.1, -0.05) is 12.2 Å². The van der Waals surface area contributed by atoms with Gasteiger partial charge < -0.3 is 14.5 Å². The Bertz CT molecular complexity index is 560. The summed E-state index contributed by atoms with van der Waals surface area (Å²) in [5.74, 6) is 3.80. The lowest BCUT2D eigenvalue weighted by atomic mass is 9.93. The van der Waals surface area contributed by atoms with E-state index in [4.69, 9.17) is 4.74 Å². The summed E-state index contributed by atoms with van der Waals surface area (Å²) in [6.45, 7) is 10.7. The zero-order chi connectivity index (χ0) is 16.4. The zero-order valence-electron chi connectivity index (χ0n) is 15.0. The molecule has 3 unspecified atom stereocenters. The molecule has 0 aromatic heterocycles. The second-order valence-corrected chi connectivity index (χ2v) is 8.00. The maximum atomic E-state index is 5.53. The molecule has 1 saturated heterocycles. The molecule has 24 heavy (non-hydrogen) atoms. The van der Waals surface area contributed by atoms with E-state index in [-0.39, 0.29) is 0 Å². The summed E-state index contributed by atoms with van der Waals surface area (Å²) in [4.78, 5) is 3.60. The Labute approximate surface area is 146 Å². The Morgan fingerprint density at radius 2 is 1.71 bits per heavy atom. The molecular formula is C21H32N2O+2. The lowest BCUT2D eigenvalue weighted by molar-refractivity contribution is -1.02. The average molecular weight is 329 g/mol. The molecule has 0 amide bonds. The third-order valence-electron chi connectivity index (χ3n) is 6.32. The third-order valence-corrected chi connectivity index (χ3v) is 6.32. The molecule has 3 heteroatoms. The number of quaternary nitrogens is 2. The van der Waals surface area contributed by atoms with Crippen molar-refractivity contribution in [3.8, 4) is 5.75 Å². The molecule has 2 aliphatic carbocycles. The highest BCUT2D eigenvalue weighted by molar-refractivity contribution is 5.26. The molecule has 3 aliphatic rings. The van der Waals surface area contributed by atoms with Crippen molar-refractivity contribution in [2.75, 3.05) is 39.3 Å². The van der Waals surface area contributed by atoms with Crippen molar-refractivity contribution in [1.29, 1.82) is 0 Å². The first kappa shape index (κ1) is 16.2. The van der Waals surface area contributed by atoms with Gasteiger partial charge in [0.05, 0.1) is 13.2 Å². The first-order chi connectivity index (χ1) is 11.8. The second-order valence-electron chi connectivity index (χ2n) is 8.00. The van der Waals surface area contributed by atoms with E-state index in [0.29, 0.717) is 0 Å². The number of fused-ring (bicyclic) bond motifs is 2. The van der Waals surface area contributed by atoms with Crippen LogP contribution < -0.4 is 14.5 Å². The van der Waals surface area contributed by atoms with Crippen molar-refractivity contribution in [2.24, 2.45) is 17.8 Å². The van der Waals surface area contributed by atoms with Gasteiger partial charge in [0.15, 0.2) is 0 Å². The zero-order valence-corrected chi connectivity index (χ0v) is 15.0. The number of allylic oxidation sites excluding steroid dienone is 2. The van der Waals surface area contributed by atoms with Crippen LogP contribution in [0.4, 0.5) is 0 Å². The van der Waals surface area contributed by atoms with Gasteiger partial charge in [-0.05, 0) is 55.9 Å². The van der Waals surface area contributed by atoms with E-state index in [0.717, 1.165) is 36.7 Å². The maximum Gasteiger partial charge on any atom is 0.127 e. The maximum absolute atomic E-state index is 5.53. The van der Waals surface area contributed by atoms with E-state index in [9.17, 15) is 0 Å². The van der Waals surface area contributed by atoms with Gasteiger partial charge >= 0.3 is 0 Å². The number of hydrogen-bond acceptors (Lipinski definition) is 1. The summed E-state index contributed by atoms with van der Waals surface area (Å²) in [5.41, 5.74) is 1.44. The third kappa shape index (κ3) is 3.68. The molecule has 1 saturated carbocycles. The summed E-state index contributed by atoms with van der Waals surface area (Å²) >= 11 is 0. The molecule has 2 bridgehead atoms. The number of hydrogen-bond donors (Lipinski definition) is 2. The van der Waals surface area contributed by atoms with E-state index in [1.807, 2.05) is 11.8 Å². The lowest BCUT2D eigenvalue weighted by Crippen LogP contribution is -3.27. The molecule has 1 aromatic rings. The van der Waals surface area contributed by atoms with Crippen LogP contribution in [0.1, 0.15) is 25.3 Å². The average Bonchev–Trinajstić information content (AvgIpc) is 3.22. The molecule has 1 aliphatic heterocycles. The topological polar surface area (TPSA) is 18.1 Å². The number of rotatable bonds is 6. The van der Waals surface area contributed by atoms with Crippen molar-refractivity contribution in [1.82, 2.24) is 0 Å². The summed E-state index contributed by atoms with van der Waals surface area (Å²) in [5, 5.41) is 0. The van der Waals surface area contributed by atoms with Gasteiger partial charge in [0.1, 0.15) is 38.5 Å². The smallest absolute Gasteiger partial charge is 0.127 e. The van der Waals surface area contributed by atoms with Crippen LogP contribution in [0, 0.1) is 17.8 Å². The highest BCUT2D eigenvalue weighted by atomic mass is 16.5. The minimum Gasteiger partial charge on any atom is -0.494 e. The molecule has 1 heterocycles. The number of piperazine rings is 1.